The molecule has 136 valence electrons. The molecular weight excluding hydrogens is 360 g/mol. The molecule has 1 aromatic carbocycles. The minimum Gasteiger partial charge on any atom is -0.425 e. The maximum absolute atomic E-state index is 12.5. The number of hydrogen-bond acceptors (Lipinski definition) is 5. The van der Waals surface area contributed by atoms with Gasteiger partial charge in [-0.05, 0) is 29.5 Å². The quantitative estimate of drug-likeness (QED) is 0.586. The molecule has 7 heteroatoms. The van der Waals surface area contributed by atoms with Gasteiger partial charge in [0.1, 0.15) is 0 Å². The van der Waals surface area contributed by atoms with Crippen LogP contribution >= 0.6 is 11.3 Å². The number of amides is 1. The van der Waals surface area contributed by atoms with Crippen molar-refractivity contribution in [3.05, 3.63) is 70.2 Å². The monoisotopic (exact) mass is 378 g/mol. The molecule has 0 spiro atoms. The number of thiophene rings is 1. The zero-order valence-electron chi connectivity index (χ0n) is 14.6. The lowest BCUT2D eigenvalue weighted by molar-refractivity contribution is 0.0794. The largest absolute Gasteiger partial charge is 0.425 e. The number of carbonyl (C=O) groups excluding carboxylic acids is 1. The standard InChI is InChI=1S/C20H18N4O2S/c25-20(17-6-3-9-27-17)24-8-7-13(12-24)19-23-22-18(26-19)10-14-11-21-16-5-2-1-4-15(14)16/h1-6,9,11,13,21H,7-8,10,12H2. The minimum atomic E-state index is 0.0889. The van der Waals surface area contributed by atoms with Crippen LogP contribution in [0.25, 0.3) is 10.9 Å². The minimum absolute atomic E-state index is 0.0889. The van der Waals surface area contributed by atoms with E-state index in [0.717, 1.165) is 28.9 Å². The highest BCUT2D eigenvalue weighted by Gasteiger charge is 2.31. The lowest BCUT2D eigenvalue weighted by Gasteiger charge is -2.14. The number of para-hydroxylation sites is 1. The van der Waals surface area contributed by atoms with Gasteiger partial charge in [-0.25, -0.2) is 0 Å². The van der Waals surface area contributed by atoms with Crippen molar-refractivity contribution in [3.8, 4) is 0 Å². The summed E-state index contributed by atoms with van der Waals surface area (Å²) in [7, 11) is 0. The van der Waals surface area contributed by atoms with Crippen LogP contribution in [0.2, 0.25) is 0 Å². The predicted molar refractivity (Wildman–Crippen MR) is 103 cm³/mol. The van der Waals surface area contributed by atoms with Crippen molar-refractivity contribution in [2.24, 2.45) is 0 Å². The van der Waals surface area contributed by atoms with Gasteiger partial charge in [0, 0.05) is 30.2 Å². The fourth-order valence-electron chi connectivity index (χ4n) is 3.65. The number of rotatable bonds is 4. The van der Waals surface area contributed by atoms with Crippen molar-refractivity contribution in [2.45, 2.75) is 18.8 Å². The fraction of sp³-hybridized carbons (Fsp3) is 0.250. The van der Waals surface area contributed by atoms with Gasteiger partial charge in [0.25, 0.3) is 5.91 Å². The Labute approximate surface area is 159 Å². The summed E-state index contributed by atoms with van der Waals surface area (Å²) in [5.41, 5.74) is 2.24. The Kier molecular flexibility index (Phi) is 4.01. The zero-order chi connectivity index (χ0) is 18.2. The van der Waals surface area contributed by atoms with Crippen molar-refractivity contribution in [1.82, 2.24) is 20.1 Å². The molecule has 1 N–H and O–H groups in total. The van der Waals surface area contributed by atoms with Crippen LogP contribution < -0.4 is 0 Å². The number of aromatic nitrogens is 3. The third-order valence-electron chi connectivity index (χ3n) is 5.06. The molecule has 1 atom stereocenters. The van der Waals surface area contributed by atoms with E-state index in [9.17, 15) is 4.79 Å². The first-order valence-corrected chi connectivity index (χ1v) is 9.86. The first kappa shape index (κ1) is 16.3. The molecule has 5 rings (SSSR count). The van der Waals surface area contributed by atoms with Gasteiger partial charge in [0.05, 0.1) is 17.2 Å². The molecule has 3 aromatic heterocycles. The lowest BCUT2D eigenvalue weighted by atomic mass is 10.1. The summed E-state index contributed by atoms with van der Waals surface area (Å²) < 4.78 is 5.94. The maximum atomic E-state index is 12.5. The fourth-order valence-corrected chi connectivity index (χ4v) is 4.34. The lowest BCUT2D eigenvalue weighted by Crippen LogP contribution is -2.27. The molecule has 1 fully saturated rings. The molecule has 4 aromatic rings. The highest BCUT2D eigenvalue weighted by molar-refractivity contribution is 7.12. The molecular formula is C20H18N4O2S. The van der Waals surface area contributed by atoms with E-state index in [2.05, 4.69) is 27.3 Å². The van der Waals surface area contributed by atoms with E-state index < -0.39 is 0 Å². The molecule has 0 bridgehead atoms. The van der Waals surface area contributed by atoms with E-state index in [1.165, 1.54) is 16.7 Å². The zero-order valence-corrected chi connectivity index (χ0v) is 15.4. The van der Waals surface area contributed by atoms with Gasteiger partial charge < -0.3 is 14.3 Å². The summed E-state index contributed by atoms with van der Waals surface area (Å²) in [5.74, 6) is 1.44. The molecule has 27 heavy (non-hydrogen) atoms. The van der Waals surface area contributed by atoms with Crippen molar-refractivity contribution in [2.75, 3.05) is 13.1 Å². The van der Waals surface area contributed by atoms with Gasteiger partial charge in [0.15, 0.2) is 0 Å². The Morgan fingerprint density at radius 2 is 2.19 bits per heavy atom. The molecule has 0 radical (unpaired) electrons. The molecule has 1 aliphatic rings. The Morgan fingerprint density at radius 1 is 1.26 bits per heavy atom. The number of benzene rings is 1. The number of nitrogens with one attached hydrogen (secondary N) is 1. The second kappa shape index (κ2) is 6.66. The van der Waals surface area contributed by atoms with Crippen LogP contribution in [-0.2, 0) is 6.42 Å². The summed E-state index contributed by atoms with van der Waals surface area (Å²) in [5, 5.41) is 11.6. The molecule has 4 heterocycles. The van der Waals surface area contributed by atoms with Crippen molar-refractivity contribution < 1.29 is 9.21 Å². The van der Waals surface area contributed by atoms with Gasteiger partial charge >= 0.3 is 0 Å². The SMILES string of the molecule is O=C(c1cccs1)N1CCC(c2nnc(Cc3c[nH]c4ccccc34)o2)C1. The molecule has 1 amide bonds. The smallest absolute Gasteiger partial charge is 0.263 e. The van der Waals surface area contributed by atoms with Crippen molar-refractivity contribution in [1.29, 1.82) is 0 Å². The second-order valence-electron chi connectivity index (χ2n) is 6.78. The number of fused-ring (bicyclic) bond motifs is 1. The van der Waals surface area contributed by atoms with Crippen LogP contribution in [0.5, 0.6) is 0 Å². The van der Waals surface area contributed by atoms with E-state index in [-0.39, 0.29) is 11.8 Å². The summed E-state index contributed by atoms with van der Waals surface area (Å²) in [6, 6.07) is 11.9. The van der Waals surface area contributed by atoms with E-state index in [1.54, 1.807) is 0 Å². The van der Waals surface area contributed by atoms with Gasteiger partial charge in [-0.1, -0.05) is 24.3 Å². The van der Waals surface area contributed by atoms with E-state index in [4.69, 9.17) is 4.42 Å². The molecule has 1 saturated heterocycles. The summed E-state index contributed by atoms with van der Waals surface area (Å²) in [6.07, 6.45) is 3.44. The van der Waals surface area contributed by atoms with E-state index in [0.29, 0.717) is 24.7 Å². The topological polar surface area (TPSA) is 75.0 Å². The molecule has 1 aliphatic heterocycles. The Bertz CT molecular complexity index is 1080. The van der Waals surface area contributed by atoms with Crippen LogP contribution in [0.3, 0.4) is 0 Å². The van der Waals surface area contributed by atoms with Gasteiger partial charge in [-0.15, -0.1) is 21.5 Å². The Balaban J connectivity index is 1.29. The number of nitrogens with zero attached hydrogens (tertiary/aromatic N) is 3. The predicted octanol–water partition coefficient (Wildman–Crippen LogP) is 3.83. The number of aromatic amines is 1. The van der Waals surface area contributed by atoms with Crippen LogP contribution in [0.1, 0.15) is 39.4 Å². The third kappa shape index (κ3) is 3.04. The summed E-state index contributed by atoms with van der Waals surface area (Å²) >= 11 is 1.48. The van der Waals surface area contributed by atoms with E-state index >= 15 is 0 Å². The number of H-pyrrole nitrogens is 1. The highest BCUT2D eigenvalue weighted by Crippen LogP contribution is 2.29. The maximum Gasteiger partial charge on any atom is 0.263 e. The normalized spacial score (nSPS) is 17.0. The number of likely N-dealkylation sites (tertiary alicyclic amines) is 1. The van der Waals surface area contributed by atoms with Crippen LogP contribution in [-0.4, -0.2) is 39.1 Å². The average Bonchev–Trinajstić information content (AvgIpc) is 3.48. The average molecular weight is 378 g/mol. The Morgan fingerprint density at radius 3 is 3.07 bits per heavy atom. The Hall–Kier alpha value is -2.93. The molecule has 6 nitrogen and oxygen atoms in total. The summed E-state index contributed by atoms with van der Waals surface area (Å²) in [6.45, 7) is 1.35. The molecule has 0 saturated carbocycles. The van der Waals surface area contributed by atoms with Gasteiger partial charge in [-0.3, -0.25) is 4.79 Å². The van der Waals surface area contributed by atoms with E-state index in [1.807, 2.05) is 40.7 Å². The third-order valence-corrected chi connectivity index (χ3v) is 5.91. The van der Waals surface area contributed by atoms with Crippen molar-refractivity contribution >= 4 is 28.1 Å². The second-order valence-corrected chi connectivity index (χ2v) is 7.73. The van der Waals surface area contributed by atoms with Crippen LogP contribution in [0.4, 0.5) is 0 Å². The molecule has 1 unspecified atom stereocenters. The highest BCUT2D eigenvalue weighted by atomic mass is 32.1. The van der Waals surface area contributed by atoms with Gasteiger partial charge in [-0.2, -0.15) is 0 Å². The molecule has 0 aliphatic carbocycles. The van der Waals surface area contributed by atoms with Gasteiger partial charge in [0.2, 0.25) is 11.8 Å². The van der Waals surface area contributed by atoms with Crippen LogP contribution in [0.15, 0.2) is 52.4 Å². The van der Waals surface area contributed by atoms with Crippen LogP contribution in [0, 0.1) is 0 Å². The number of carbonyl (C=O) groups is 1. The first-order chi connectivity index (χ1) is 13.3. The van der Waals surface area contributed by atoms with Crippen molar-refractivity contribution in [3.63, 3.8) is 0 Å². The number of hydrogen-bond donors (Lipinski definition) is 1. The first-order valence-electron chi connectivity index (χ1n) is 8.98. The summed E-state index contributed by atoms with van der Waals surface area (Å²) in [4.78, 5) is 18.4.